The Balaban J connectivity index is 1.79. The zero-order valence-electron chi connectivity index (χ0n) is 9.26. The summed E-state index contributed by atoms with van der Waals surface area (Å²) in [6.45, 7) is 0. The van der Waals surface area contributed by atoms with Crippen LogP contribution in [-0.2, 0) is 12.8 Å². The molecule has 0 spiro atoms. The van der Waals surface area contributed by atoms with Crippen LogP contribution in [-0.4, -0.2) is 10.1 Å². The first kappa shape index (κ1) is 10.0. The molecule has 1 aliphatic rings. The predicted molar refractivity (Wildman–Crippen MR) is 60.2 cm³/mol. The van der Waals surface area contributed by atoms with E-state index in [1.54, 1.807) is 0 Å². The lowest BCUT2D eigenvalue weighted by Gasteiger charge is -2.27. The highest BCUT2D eigenvalue weighted by molar-refractivity contribution is 5.43. The summed E-state index contributed by atoms with van der Waals surface area (Å²) in [6.07, 6.45) is 1.94. The zero-order valence-corrected chi connectivity index (χ0v) is 9.26. The van der Waals surface area contributed by atoms with Gasteiger partial charge < -0.3 is 4.52 Å². The average molecular weight is 225 g/mol. The van der Waals surface area contributed by atoms with Gasteiger partial charge in [0.2, 0.25) is 5.89 Å². The lowest BCUT2D eigenvalue weighted by atomic mass is 9.77. The van der Waals surface area contributed by atoms with Gasteiger partial charge in [0.1, 0.15) is 0 Å². The highest BCUT2D eigenvalue weighted by Gasteiger charge is 2.30. The van der Waals surface area contributed by atoms with E-state index in [2.05, 4.69) is 28.3 Å². The Morgan fingerprint density at radius 2 is 2.29 bits per heavy atom. The Bertz CT molecular complexity index is 582. The van der Waals surface area contributed by atoms with Crippen molar-refractivity contribution >= 4 is 0 Å². The molecule has 1 aliphatic carbocycles. The Labute approximate surface area is 98.9 Å². The third-order valence-corrected chi connectivity index (χ3v) is 3.10. The topological polar surface area (TPSA) is 62.7 Å². The number of nitrogens with zero attached hydrogens (tertiary/aromatic N) is 3. The molecule has 1 unspecified atom stereocenters. The second kappa shape index (κ2) is 4.02. The van der Waals surface area contributed by atoms with Gasteiger partial charge >= 0.3 is 0 Å². The molecule has 1 heterocycles. The van der Waals surface area contributed by atoms with Gasteiger partial charge in [-0.3, -0.25) is 0 Å². The second-order valence-corrected chi connectivity index (χ2v) is 4.16. The van der Waals surface area contributed by atoms with Crippen LogP contribution < -0.4 is 0 Å². The van der Waals surface area contributed by atoms with E-state index in [4.69, 9.17) is 9.78 Å². The van der Waals surface area contributed by atoms with Gasteiger partial charge in [0.15, 0.2) is 5.82 Å². The number of hydrogen-bond donors (Lipinski definition) is 0. The molecule has 84 valence electrons. The van der Waals surface area contributed by atoms with E-state index in [9.17, 15) is 0 Å². The number of aromatic nitrogens is 2. The van der Waals surface area contributed by atoms with E-state index in [0.29, 0.717) is 18.7 Å². The summed E-state index contributed by atoms with van der Waals surface area (Å²) in [4.78, 5) is 4.34. The molecule has 3 rings (SSSR count). The van der Waals surface area contributed by atoms with Crippen molar-refractivity contribution in [3.05, 3.63) is 47.1 Å². The maximum absolute atomic E-state index is 8.49. The summed E-state index contributed by atoms with van der Waals surface area (Å²) in [5.41, 5.74) is 2.65. The highest BCUT2D eigenvalue weighted by atomic mass is 16.5. The first-order valence-corrected chi connectivity index (χ1v) is 5.65. The standard InChI is InChI=1S/C13H11N3O/c14-7-3-6-12-15-13(16-17-12)11-8-9-4-1-2-5-10(9)11/h1-2,4-5,11H,3,6,8H2. The maximum atomic E-state index is 8.49. The summed E-state index contributed by atoms with van der Waals surface area (Å²) in [7, 11) is 0. The molecule has 0 radical (unpaired) electrons. The molecule has 0 bridgehead atoms. The number of aryl methyl sites for hydroxylation is 1. The molecule has 1 aromatic heterocycles. The van der Waals surface area contributed by atoms with E-state index >= 15 is 0 Å². The van der Waals surface area contributed by atoms with Crippen molar-refractivity contribution in [2.24, 2.45) is 0 Å². The molecule has 1 aromatic carbocycles. The number of nitriles is 1. The average Bonchev–Trinajstić information content (AvgIpc) is 2.76. The second-order valence-electron chi connectivity index (χ2n) is 4.16. The van der Waals surface area contributed by atoms with Crippen molar-refractivity contribution in [1.29, 1.82) is 5.26 Å². The monoisotopic (exact) mass is 225 g/mol. The van der Waals surface area contributed by atoms with Crippen LogP contribution in [0.15, 0.2) is 28.8 Å². The first-order chi connectivity index (χ1) is 8.38. The van der Waals surface area contributed by atoms with E-state index in [1.165, 1.54) is 11.1 Å². The van der Waals surface area contributed by atoms with Gasteiger partial charge in [-0.1, -0.05) is 29.4 Å². The van der Waals surface area contributed by atoms with Gasteiger partial charge in [0.25, 0.3) is 0 Å². The minimum absolute atomic E-state index is 0.269. The molecule has 0 amide bonds. The number of hydrogen-bond acceptors (Lipinski definition) is 4. The van der Waals surface area contributed by atoms with Crippen molar-refractivity contribution in [3.8, 4) is 6.07 Å². The van der Waals surface area contributed by atoms with Crippen LogP contribution in [0.2, 0.25) is 0 Å². The van der Waals surface area contributed by atoms with E-state index in [-0.39, 0.29) is 5.92 Å². The minimum Gasteiger partial charge on any atom is -0.339 e. The molecule has 0 saturated heterocycles. The maximum Gasteiger partial charge on any atom is 0.227 e. The molecule has 0 N–H and O–H groups in total. The third-order valence-electron chi connectivity index (χ3n) is 3.10. The van der Waals surface area contributed by atoms with Crippen molar-refractivity contribution < 1.29 is 4.52 Å². The summed E-state index contributed by atoms with van der Waals surface area (Å²) in [5, 5.41) is 12.5. The molecule has 4 heteroatoms. The van der Waals surface area contributed by atoms with Crippen molar-refractivity contribution in [3.63, 3.8) is 0 Å². The van der Waals surface area contributed by atoms with E-state index < -0.39 is 0 Å². The molecule has 0 saturated carbocycles. The zero-order chi connectivity index (χ0) is 11.7. The molecule has 2 aromatic rings. The normalized spacial score (nSPS) is 17.0. The van der Waals surface area contributed by atoms with Gasteiger partial charge in [-0.05, 0) is 17.5 Å². The van der Waals surface area contributed by atoms with Gasteiger partial charge in [-0.15, -0.1) is 0 Å². The van der Waals surface area contributed by atoms with Crippen LogP contribution in [0.4, 0.5) is 0 Å². The van der Waals surface area contributed by atoms with Crippen molar-refractivity contribution in [1.82, 2.24) is 10.1 Å². The molecular weight excluding hydrogens is 214 g/mol. The van der Waals surface area contributed by atoms with Gasteiger partial charge in [-0.2, -0.15) is 10.2 Å². The molecule has 4 nitrogen and oxygen atoms in total. The van der Waals surface area contributed by atoms with Gasteiger partial charge in [0, 0.05) is 12.8 Å². The lowest BCUT2D eigenvalue weighted by Crippen LogP contribution is -2.19. The van der Waals surface area contributed by atoms with Crippen LogP contribution in [0, 0.1) is 11.3 Å². The van der Waals surface area contributed by atoms with Crippen LogP contribution in [0.1, 0.15) is 35.2 Å². The van der Waals surface area contributed by atoms with Gasteiger partial charge in [-0.25, -0.2) is 0 Å². The highest BCUT2D eigenvalue weighted by Crippen LogP contribution is 2.38. The van der Waals surface area contributed by atoms with Crippen LogP contribution in [0.5, 0.6) is 0 Å². The first-order valence-electron chi connectivity index (χ1n) is 5.65. The SMILES string of the molecule is N#CCCc1nc(C2Cc3ccccc32)no1. The fourth-order valence-electron chi connectivity index (χ4n) is 2.16. The smallest absolute Gasteiger partial charge is 0.227 e. The van der Waals surface area contributed by atoms with Crippen molar-refractivity contribution in [2.75, 3.05) is 0 Å². The Morgan fingerprint density at radius 1 is 1.41 bits per heavy atom. The summed E-state index contributed by atoms with van der Waals surface area (Å²) in [5.74, 6) is 1.58. The fourth-order valence-corrected chi connectivity index (χ4v) is 2.16. The Hall–Kier alpha value is -2.15. The number of fused-ring (bicyclic) bond motifs is 1. The lowest BCUT2D eigenvalue weighted by molar-refractivity contribution is 0.371. The minimum atomic E-state index is 0.269. The molecular formula is C13H11N3O. The van der Waals surface area contributed by atoms with Crippen molar-refractivity contribution in [2.45, 2.75) is 25.2 Å². The summed E-state index contributed by atoms with van der Waals surface area (Å²) < 4.78 is 5.13. The van der Waals surface area contributed by atoms with Crippen LogP contribution in [0.25, 0.3) is 0 Å². The Kier molecular flexibility index (Phi) is 2.37. The molecule has 17 heavy (non-hydrogen) atoms. The van der Waals surface area contributed by atoms with Crippen LogP contribution in [0.3, 0.4) is 0 Å². The largest absolute Gasteiger partial charge is 0.339 e. The van der Waals surface area contributed by atoms with Gasteiger partial charge in [0.05, 0.1) is 12.0 Å². The molecule has 1 atom stereocenters. The van der Waals surface area contributed by atoms with E-state index in [0.717, 1.165) is 12.2 Å². The molecule has 0 fully saturated rings. The number of benzene rings is 1. The number of rotatable bonds is 3. The molecule has 0 aliphatic heterocycles. The summed E-state index contributed by atoms with van der Waals surface area (Å²) in [6, 6.07) is 10.4. The summed E-state index contributed by atoms with van der Waals surface area (Å²) >= 11 is 0. The third kappa shape index (κ3) is 1.70. The quantitative estimate of drug-likeness (QED) is 0.803. The fraction of sp³-hybridized carbons (Fsp3) is 0.308. The Morgan fingerprint density at radius 3 is 3.12 bits per heavy atom. The van der Waals surface area contributed by atoms with Crippen LogP contribution >= 0.6 is 0 Å². The van der Waals surface area contributed by atoms with E-state index in [1.807, 2.05) is 12.1 Å². The predicted octanol–water partition coefficient (Wildman–Crippen LogP) is 2.21.